The largest absolute Gasteiger partial charge is 0.314 e. The van der Waals surface area contributed by atoms with Gasteiger partial charge in [-0.25, -0.2) is 0 Å². The second-order valence-electron chi connectivity index (χ2n) is 5.62. The van der Waals surface area contributed by atoms with Gasteiger partial charge in [0, 0.05) is 6.04 Å². The normalized spacial score (nSPS) is 38.5. The highest BCUT2D eigenvalue weighted by atomic mass is 15.0. The molecule has 1 nitrogen and oxygen atoms in total. The molecule has 0 radical (unpaired) electrons. The summed E-state index contributed by atoms with van der Waals surface area (Å²) >= 11 is 0. The van der Waals surface area contributed by atoms with Gasteiger partial charge in [0.15, 0.2) is 0 Å². The summed E-state index contributed by atoms with van der Waals surface area (Å²) in [6.45, 7) is 10.9. The van der Waals surface area contributed by atoms with Crippen LogP contribution >= 0.6 is 0 Å². The van der Waals surface area contributed by atoms with Crippen LogP contribution in [0.1, 0.15) is 40.5 Å². The molecule has 0 aromatic heterocycles. The quantitative estimate of drug-likeness (QED) is 0.632. The lowest BCUT2D eigenvalue weighted by Crippen LogP contribution is -2.26. The van der Waals surface area contributed by atoms with Crippen molar-refractivity contribution in [1.82, 2.24) is 5.32 Å². The van der Waals surface area contributed by atoms with Gasteiger partial charge in [0.2, 0.25) is 0 Å². The summed E-state index contributed by atoms with van der Waals surface area (Å²) in [5, 5.41) is 3.63. The summed E-state index contributed by atoms with van der Waals surface area (Å²) in [6.07, 6.45) is 2.78. The summed E-state index contributed by atoms with van der Waals surface area (Å²) < 4.78 is 0. The highest BCUT2D eigenvalue weighted by Crippen LogP contribution is 2.70. The fraction of sp³-hybridized carbons (Fsp3) is 1.00. The van der Waals surface area contributed by atoms with E-state index in [2.05, 4.69) is 33.0 Å². The predicted molar refractivity (Wildman–Crippen MR) is 52.1 cm³/mol. The fourth-order valence-corrected chi connectivity index (χ4v) is 3.25. The molecule has 0 amide bonds. The Hall–Kier alpha value is -0.0400. The van der Waals surface area contributed by atoms with Gasteiger partial charge in [0.1, 0.15) is 0 Å². The van der Waals surface area contributed by atoms with Crippen molar-refractivity contribution >= 4 is 0 Å². The van der Waals surface area contributed by atoms with Crippen molar-refractivity contribution in [3.63, 3.8) is 0 Å². The topological polar surface area (TPSA) is 12.0 Å². The first-order valence-corrected chi connectivity index (χ1v) is 5.21. The average Bonchev–Trinajstić information content (AvgIpc) is 2.39. The zero-order valence-electron chi connectivity index (χ0n) is 8.78. The van der Waals surface area contributed by atoms with E-state index in [1.54, 1.807) is 0 Å². The Bertz CT molecular complexity index is 173. The van der Waals surface area contributed by atoms with Crippen LogP contribution in [0, 0.1) is 16.7 Å². The molecular weight excluding hydrogens is 146 g/mol. The zero-order chi connectivity index (χ0) is 8.98. The van der Waals surface area contributed by atoms with E-state index in [0.717, 1.165) is 12.0 Å². The van der Waals surface area contributed by atoms with E-state index in [0.29, 0.717) is 10.8 Å². The first-order chi connectivity index (χ1) is 5.48. The van der Waals surface area contributed by atoms with Gasteiger partial charge in [-0.1, -0.05) is 27.7 Å². The first-order valence-electron chi connectivity index (χ1n) is 5.21. The standard InChI is InChI=1S/C11H21N/c1-10(2)9(11(10,3)4)8-6-5-7-12-8/h8-9,12H,5-7H2,1-4H3. The van der Waals surface area contributed by atoms with Crippen molar-refractivity contribution in [3.05, 3.63) is 0 Å². The molecule has 1 saturated heterocycles. The second kappa shape index (κ2) is 2.25. The maximum Gasteiger partial charge on any atom is 0.0106 e. The lowest BCUT2D eigenvalue weighted by Gasteiger charge is -2.11. The lowest BCUT2D eigenvalue weighted by atomic mass is 10.0. The predicted octanol–water partition coefficient (Wildman–Crippen LogP) is 2.42. The molecule has 1 saturated carbocycles. The molecule has 0 spiro atoms. The van der Waals surface area contributed by atoms with Gasteiger partial charge in [-0.3, -0.25) is 0 Å². The Morgan fingerprint density at radius 1 is 1.08 bits per heavy atom. The Morgan fingerprint density at radius 2 is 1.67 bits per heavy atom. The molecule has 1 aliphatic carbocycles. The van der Waals surface area contributed by atoms with Crippen LogP contribution in [0.3, 0.4) is 0 Å². The molecule has 1 heteroatoms. The van der Waals surface area contributed by atoms with Gasteiger partial charge < -0.3 is 5.32 Å². The summed E-state index contributed by atoms with van der Waals surface area (Å²) in [4.78, 5) is 0. The second-order valence-corrected chi connectivity index (χ2v) is 5.62. The molecule has 0 bridgehead atoms. The Kier molecular flexibility index (Phi) is 1.61. The van der Waals surface area contributed by atoms with Crippen LogP contribution < -0.4 is 5.32 Å². The summed E-state index contributed by atoms with van der Waals surface area (Å²) in [5.74, 6) is 0.910. The number of rotatable bonds is 1. The Labute approximate surface area is 75.9 Å². The highest BCUT2D eigenvalue weighted by Gasteiger charge is 2.67. The zero-order valence-corrected chi connectivity index (χ0v) is 8.78. The highest BCUT2D eigenvalue weighted by molar-refractivity contribution is 5.16. The lowest BCUT2D eigenvalue weighted by molar-refractivity contribution is 0.446. The molecule has 1 aliphatic heterocycles. The van der Waals surface area contributed by atoms with E-state index < -0.39 is 0 Å². The molecule has 0 aromatic carbocycles. The monoisotopic (exact) mass is 167 g/mol. The van der Waals surface area contributed by atoms with E-state index in [9.17, 15) is 0 Å². The molecule has 1 N–H and O–H groups in total. The maximum atomic E-state index is 3.63. The van der Waals surface area contributed by atoms with Crippen LogP contribution in [0.4, 0.5) is 0 Å². The van der Waals surface area contributed by atoms with Gasteiger partial charge in [0.05, 0.1) is 0 Å². The molecule has 2 aliphatic rings. The van der Waals surface area contributed by atoms with Crippen LogP contribution in [0.25, 0.3) is 0 Å². The molecular formula is C11H21N. The maximum absolute atomic E-state index is 3.63. The van der Waals surface area contributed by atoms with Crippen molar-refractivity contribution in [2.24, 2.45) is 16.7 Å². The van der Waals surface area contributed by atoms with Crippen LogP contribution in [0.5, 0.6) is 0 Å². The van der Waals surface area contributed by atoms with Gasteiger partial charge in [-0.05, 0) is 36.1 Å². The smallest absolute Gasteiger partial charge is 0.0106 e. The van der Waals surface area contributed by atoms with E-state index in [1.807, 2.05) is 0 Å². The third kappa shape index (κ3) is 0.891. The summed E-state index contributed by atoms with van der Waals surface area (Å²) in [7, 11) is 0. The Morgan fingerprint density at radius 3 is 2.00 bits per heavy atom. The van der Waals surface area contributed by atoms with Crippen LogP contribution in [-0.4, -0.2) is 12.6 Å². The van der Waals surface area contributed by atoms with Gasteiger partial charge in [-0.2, -0.15) is 0 Å². The van der Waals surface area contributed by atoms with Crippen molar-refractivity contribution in [2.45, 2.75) is 46.6 Å². The van der Waals surface area contributed by atoms with Gasteiger partial charge in [-0.15, -0.1) is 0 Å². The van der Waals surface area contributed by atoms with Gasteiger partial charge in [0.25, 0.3) is 0 Å². The average molecular weight is 167 g/mol. The summed E-state index contributed by atoms with van der Waals surface area (Å²) in [6, 6.07) is 0.815. The Balaban J connectivity index is 2.08. The number of nitrogens with one attached hydrogen (secondary N) is 1. The molecule has 1 heterocycles. The van der Waals surface area contributed by atoms with Crippen LogP contribution in [-0.2, 0) is 0 Å². The van der Waals surface area contributed by atoms with Crippen molar-refractivity contribution in [3.8, 4) is 0 Å². The van der Waals surface area contributed by atoms with Crippen LogP contribution in [0.2, 0.25) is 0 Å². The molecule has 0 aromatic rings. The van der Waals surface area contributed by atoms with Crippen LogP contribution in [0.15, 0.2) is 0 Å². The van der Waals surface area contributed by atoms with Crippen molar-refractivity contribution in [1.29, 1.82) is 0 Å². The SMILES string of the molecule is CC1(C)C(C2CCCN2)C1(C)C. The number of hydrogen-bond donors (Lipinski definition) is 1. The van der Waals surface area contributed by atoms with E-state index in [4.69, 9.17) is 0 Å². The van der Waals surface area contributed by atoms with Crippen molar-refractivity contribution < 1.29 is 0 Å². The van der Waals surface area contributed by atoms with Crippen molar-refractivity contribution in [2.75, 3.05) is 6.54 Å². The van der Waals surface area contributed by atoms with E-state index in [-0.39, 0.29) is 0 Å². The minimum Gasteiger partial charge on any atom is -0.314 e. The molecule has 70 valence electrons. The van der Waals surface area contributed by atoms with E-state index in [1.165, 1.54) is 19.4 Å². The van der Waals surface area contributed by atoms with E-state index >= 15 is 0 Å². The third-order valence-electron chi connectivity index (χ3n) is 4.63. The van der Waals surface area contributed by atoms with Gasteiger partial charge >= 0.3 is 0 Å². The summed E-state index contributed by atoms with van der Waals surface area (Å²) in [5.41, 5.74) is 1.13. The minimum atomic E-state index is 0.564. The molecule has 12 heavy (non-hydrogen) atoms. The molecule has 2 fully saturated rings. The first kappa shape index (κ1) is 8.55. The molecule has 2 rings (SSSR count). The minimum absolute atomic E-state index is 0.564. The third-order valence-corrected chi connectivity index (χ3v) is 4.63. The molecule has 1 atom stereocenters. The molecule has 1 unspecified atom stereocenters. The fourth-order valence-electron chi connectivity index (χ4n) is 3.25. The number of hydrogen-bond acceptors (Lipinski definition) is 1.